The average molecular weight is 472 g/mol. The van der Waals surface area contributed by atoms with E-state index in [1.165, 1.54) is 6.08 Å². The van der Waals surface area contributed by atoms with Gasteiger partial charge in [-0.2, -0.15) is 15.5 Å². The minimum absolute atomic E-state index is 0.0966. The summed E-state index contributed by atoms with van der Waals surface area (Å²) < 4.78 is 3.79. The van der Waals surface area contributed by atoms with E-state index in [1.807, 2.05) is 22.0 Å². The maximum absolute atomic E-state index is 12.8. The Morgan fingerprint density at radius 3 is 2.51 bits per heavy atom. The van der Waals surface area contributed by atoms with Crippen molar-refractivity contribution in [3.63, 3.8) is 0 Å². The fraction of sp³-hybridized carbons (Fsp3) is 0.423. The van der Waals surface area contributed by atoms with Crippen LogP contribution in [0.5, 0.6) is 0 Å². The lowest BCUT2D eigenvalue weighted by Crippen LogP contribution is -2.57. The molecule has 2 fully saturated rings. The van der Waals surface area contributed by atoms with Gasteiger partial charge in [-0.3, -0.25) is 14.3 Å². The van der Waals surface area contributed by atoms with E-state index in [2.05, 4.69) is 49.0 Å². The summed E-state index contributed by atoms with van der Waals surface area (Å²) in [7, 11) is 0. The van der Waals surface area contributed by atoms with Gasteiger partial charge in [0.05, 0.1) is 35.4 Å². The number of hydrogen-bond donors (Lipinski definition) is 0. The third kappa shape index (κ3) is 4.09. The summed E-state index contributed by atoms with van der Waals surface area (Å²) in [4.78, 5) is 28.0. The number of nitriles is 1. The minimum atomic E-state index is -0.111. The number of fused-ring (bicyclic) bond motifs is 1. The summed E-state index contributed by atoms with van der Waals surface area (Å²) >= 11 is 0. The molecule has 0 saturated carbocycles. The molecule has 0 radical (unpaired) electrons. The third-order valence-electron chi connectivity index (χ3n) is 7.19. The SMILES string of the molecule is C=CC(=O)N1CC(C(=O)N2CCC(n3cc(-c4cc(C(C)C)c5c(C#N)cnn5c4)cn3)CC2)C1. The van der Waals surface area contributed by atoms with Gasteiger partial charge >= 0.3 is 0 Å². The van der Waals surface area contributed by atoms with E-state index in [1.54, 1.807) is 15.6 Å². The monoisotopic (exact) mass is 471 g/mol. The molecule has 0 bridgehead atoms. The van der Waals surface area contributed by atoms with Crippen molar-refractivity contribution < 1.29 is 9.59 Å². The van der Waals surface area contributed by atoms with E-state index in [9.17, 15) is 14.9 Å². The zero-order chi connectivity index (χ0) is 24.7. The van der Waals surface area contributed by atoms with Gasteiger partial charge in [-0.1, -0.05) is 20.4 Å². The molecule has 0 aromatic carbocycles. The minimum Gasteiger partial charge on any atom is -0.342 e. The van der Waals surface area contributed by atoms with Gasteiger partial charge in [0.1, 0.15) is 6.07 Å². The number of pyridine rings is 1. The zero-order valence-corrected chi connectivity index (χ0v) is 20.1. The van der Waals surface area contributed by atoms with E-state index in [0.29, 0.717) is 31.7 Å². The van der Waals surface area contributed by atoms with Crippen molar-refractivity contribution in [3.05, 3.63) is 54.6 Å². The van der Waals surface area contributed by atoms with Crippen LogP contribution in [-0.2, 0) is 9.59 Å². The normalized spacial score (nSPS) is 17.0. The molecular formula is C26H29N7O2. The molecule has 2 saturated heterocycles. The van der Waals surface area contributed by atoms with E-state index in [0.717, 1.165) is 35.0 Å². The molecule has 9 nitrogen and oxygen atoms in total. The van der Waals surface area contributed by atoms with Crippen molar-refractivity contribution in [1.29, 1.82) is 5.26 Å². The Bertz CT molecular complexity index is 1330. The predicted molar refractivity (Wildman–Crippen MR) is 130 cm³/mol. The first-order valence-electron chi connectivity index (χ1n) is 12.1. The zero-order valence-electron chi connectivity index (χ0n) is 20.1. The molecule has 0 spiro atoms. The number of carbonyl (C=O) groups is 2. The smallest absolute Gasteiger partial charge is 0.246 e. The Morgan fingerprint density at radius 2 is 1.86 bits per heavy atom. The number of likely N-dealkylation sites (tertiary alicyclic amines) is 2. The quantitative estimate of drug-likeness (QED) is 0.533. The molecule has 0 unspecified atom stereocenters. The van der Waals surface area contributed by atoms with Crippen LogP contribution in [0.1, 0.15) is 49.8 Å². The standard InChI is InChI=1S/C26H29N7O2/c1-4-24(34)31-13-21(14-31)26(35)30-7-5-22(6-8-30)32-16-20(12-28-32)18-9-23(17(2)3)25-19(10-27)11-29-33(25)15-18/h4,9,11-12,15-17,21-22H,1,5-8,13-14H2,2-3H3. The maximum atomic E-state index is 12.8. The largest absolute Gasteiger partial charge is 0.342 e. The molecule has 180 valence electrons. The molecule has 0 aliphatic carbocycles. The number of nitrogens with zero attached hydrogens (tertiary/aromatic N) is 7. The Morgan fingerprint density at radius 1 is 1.11 bits per heavy atom. The van der Waals surface area contributed by atoms with Crippen LogP contribution in [0.2, 0.25) is 0 Å². The Kier molecular flexibility index (Phi) is 5.89. The second-order valence-electron chi connectivity index (χ2n) is 9.71. The fourth-order valence-corrected chi connectivity index (χ4v) is 5.07. The lowest BCUT2D eigenvalue weighted by molar-refractivity contribution is -0.147. The van der Waals surface area contributed by atoms with Crippen LogP contribution >= 0.6 is 0 Å². The summed E-state index contributed by atoms with van der Waals surface area (Å²) in [6.07, 6.45) is 10.5. The Labute approximate surface area is 204 Å². The highest BCUT2D eigenvalue weighted by molar-refractivity contribution is 5.90. The van der Waals surface area contributed by atoms with Crippen LogP contribution in [-0.4, -0.2) is 67.2 Å². The Hall–Kier alpha value is -3.93. The van der Waals surface area contributed by atoms with Gasteiger partial charge in [-0.15, -0.1) is 0 Å². The fourth-order valence-electron chi connectivity index (χ4n) is 5.07. The van der Waals surface area contributed by atoms with Crippen molar-refractivity contribution in [1.82, 2.24) is 29.2 Å². The van der Waals surface area contributed by atoms with Crippen molar-refractivity contribution in [2.75, 3.05) is 26.2 Å². The summed E-state index contributed by atoms with van der Waals surface area (Å²) in [5.41, 5.74) is 4.54. The highest BCUT2D eigenvalue weighted by Gasteiger charge is 2.38. The number of amides is 2. The third-order valence-corrected chi connectivity index (χ3v) is 7.19. The van der Waals surface area contributed by atoms with Crippen LogP contribution in [0.4, 0.5) is 0 Å². The average Bonchev–Trinajstić information content (AvgIpc) is 3.49. The number of carbonyl (C=O) groups excluding carboxylic acids is 2. The molecule has 0 N–H and O–H groups in total. The van der Waals surface area contributed by atoms with Crippen molar-refractivity contribution in [2.45, 2.75) is 38.6 Å². The number of hydrogen-bond acceptors (Lipinski definition) is 5. The van der Waals surface area contributed by atoms with Crippen molar-refractivity contribution >= 4 is 17.3 Å². The highest BCUT2D eigenvalue weighted by atomic mass is 16.2. The summed E-state index contributed by atoms with van der Waals surface area (Å²) in [6, 6.07) is 4.60. The first-order valence-corrected chi connectivity index (χ1v) is 12.1. The van der Waals surface area contributed by atoms with Gasteiger partial charge in [-0.25, -0.2) is 4.52 Å². The lowest BCUT2D eigenvalue weighted by Gasteiger charge is -2.41. The predicted octanol–water partition coefficient (Wildman–Crippen LogP) is 3.00. The highest BCUT2D eigenvalue weighted by Crippen LogP contribution is 2.31. The van der Waals surface area contributed by atoms with E-state index < -0.39 is 0 Å². The molecule has 2 aliphatic rings. The lowest BCUT2D eigenvalue weighted by atomic mass is 9.96. The molecule has 2 amide bonds. The molecule has 5 heterocycles. The number of piperidine rings is 1. The molecule has 9 heteroatoms. The summed E-state index contributed by atoms with van der Waals surface area (Å²) in [6.45, 7) is 10.1. The van der Waals surface area contributed by atoms with E-state index in [4.69, 9.17) is 0 Å². The first kappa shape index (κ1) is 22.8. The molecule has 0 atom stereocenters. The maximum Gasteiger partial charge on any atom is 0.246 e. The van der Waals surface area contributed by atoms with Gasteiger partial charge in [0, 0.05) is 49.7 Å². The molecule has 5 rings (SSSR count). The second-order valence-corrected chi connectivity index (χ2v) is 9.71. The summed E-state index contributed by atoms with van der Waals surface area (Å²) in [5, 5.41) is 18.5. The van der Waals surface area contributed by atoms with E-state index >= 15 is 0 Å². The van der Waals surface area contributed by atoms with Crippen LogP contribution in [0.15, 0.2) is 43.5 Å². The van der Waals surface area contributed by atoms with Crippen LogP contribution in [0.25, 0.3) is 16.6 Å². The molecule has 35 heavy (non-hydrogen) atoms. The molecular weight excluding hydrogens is 442 g/mol. The second kappa shape index (κ2) is 9.02. The molecule has 3 aromatic heterocycles. The van der Waals surface area contributed by atoms with Crippen molar-refractivity contribution in [2.24, 2.45) is 5.92 Å². The molecule has 2 aliphatic heterocycles. The van der Waals surface area contributed by atoms with E-state index in [-0.39, 0.29) is 29.7 Å². The van der Waals surface area contributed by atoms with Crippen LogP contribution < -0.4 is 0 Å². The van der Waals surface area contributed by atoms with Crippen LogP contribution in [0, 0.1) is 17.2 Å². The van der Waals surface area contributed by atoms with Gasteiger partial charge in [0.15, 0.2) is 0 Å². The first-order chi connectivity index (χ1) is 16.9. The Balaban J connectivity index is 1.26. The van der Waals surface area contributed by atoms with Gasteiger partial charge in [-0.05, 0) is 36.5 Å². The van der Waals surface area contributed by atoms with Gasteiger partial charge < -0.3 is 9.80 Å². The topological polar surface area (TPSA) is 99.5 Å². The number of rotatable bonds is 5. The van der Waals surface area contributed by atoms with Crippen molar-refractivity contribution in [3.8, 4) is 17.2 Å². The number of aromatic nitrogens is 4. The molecule has 3 aromatic rings. The van der Waals surface area contributed by atoms with Crippen LogP contribution in [0.3, 0.4) is 0 Å². The van der Waals surface area contributed by atoms with Gasteiger partial charge in [0.2, 0.25) is 11.8 Å². The van der Waals surface area contributed by atoms with Gasteiger partial charge in [0.25, 0.3) is 0 Å². The summed E-state index contributed by atoms with van der Waals surface area (Å²) in [5.74, 6) is 0.180.